The minimum Gasteiger partial charge on any atom is -0.388 e. The monoisotopic (exact) mass is 338 g/mol. The SMILES string of the molecule is COCc1cccc(C(O)Cc2c(Br)c(C)nn2C)c1. The molecule has 2 aromatic rings. The molecule has 0 aliphatic rings. The molecule has 0 fully saturated rings. The maximum absolute atomic E-state index is 10.4. The third kappa shape index (κ3) is 3.29. The van der Waals surface area contributed by atoms with E-state index in [0.29, 0.717) is 13.0 Å². The Labute approximate surface area is 127 Å². The van der Waals surface area contributed by atoms with Crippen LogP contribution in [0, 0.1) is 6.92 Å². The van der Waals surface area contributed by atoms with Crippen LogP contribution in [0.5, 0.6) is 0 Å². The van der Waals surface area contributed by atoms with E-state index in [9.17, 15) is 5.11 Å². The van der Waals surface area contributed by atoms with Crippen molar-refractivity contribution in [2.24, 2.45) is 7.05 Å². The first-order valence-corrected chi connectivity index (χ1v) is 7.26. The second-order valence-corrected chi connectivity index (χ2v) is 5.66. The van der Waals surface area contributed by atoms with Gasteiger partial charge in [-0.25, -0.2) is 0 Å². The Bertz CT molecular complexity index is 596. The third-order valence-corrected chi connectivity index (χ3v) is 4.33. The van der Waals surface area contributed by atoms with E-state index in [1.54, 1.807) is 7.11 Å². The number of aliphatic hydroxyl groups is 1. The highest BCUT2D eigenvalue weighted by molar-refractivity contribution is 9.10. The summed E-state index contributed by atoms with van der Waals surface area (Å²) in [6.07, 6.45) is -0.0353. The van der Waals surface area contributed by atoms with Crippen LogP contribution in [0.25, 0.3) is 0 Å². The smallest absolute Gasteiger partial charge is 0.0845 e. The first-order chi connectivity index (χ1) is 9.52. The van der Waals surface area contributed by atoms with Crippen molar-refractivity contribution in [2.75, 3.05) is 7.11 Å². The van der Waals surface area contributed by atoms with E-state index in [2.05, 4.69) is 21.0 Å². The van der Waals surface area contributed by atoms with Gasteiger partial charge in [-0.15, -0.1) is 0 Å². The molecule has 0 saturated carbocycles. The summed E-state index contributed by atoms with van der Waals surface area (Å²) in [6.45, 7) is 2.49. The van der Waals surface area contributed by atoms with Crippen LogP contribution in [0.2, 0.25) is 0 Å². The molecule has 1 N–H and O–H groups in total. The van der Waals surface area contributed by atoms with Crippen LogP contribution in [0.1, 0.15) is 28.6 Å². The molecule has 1 aromatic carbocycles. The van der Waals surface area contributed by atoms with Gasteiger partial charge in [0.1, 0.15) is 0 Å². The van der Waals surface area contributed by atoms with Crippen molar-refractivity contribution in [2.45, 2.75) is 26.1 Å². The van der Waals surface area contributed by atoms with E-state index in [0.717, 1.165) is 27.0 Å². The molecule has 1 atom stereocenters. The molecule has 0 aliphatic heterocycles. The fraction of sp³-hybridized carbons (Fsp3) is 0.400. The second kappa shape index (κ2) is 6.52. The van der Waals surface area contributed by atoms with E-state index < -0.39 is 6.10 Å². The zero-order chi connectivity index (χ0) is 14.7. The summed E-state index contributed by atoms with van der Waals surface area (Å²) in [7, 11) is 3.56. The number of aryl methyl sites for hydroxylation is 2. The van der Waals surface area contributed by atoms with Crippen LogP contribution in [0.3, 0.4) is 0 Å². The number of aliphatic hydroxyl groups excluding tert-OH is 1. The number of hydrogen-bond donors (Lipinski definition) is 1. The average molecular weight is 339 g/mol. The highest BCUT2D eigenvalue weighted by atomic mass is 79.9. The lowest BCUT2D eigenvalue weighted by Gasteiger charge is -2.13. The van der Waals surface area contributed by atoms with Crippen molar-refractivity contribution >= 4 is 15.9 Å². The lowest BCUT2D eigenvalue weighted by Crippen LogP contribution is -2.07. The quantitative estimate of drug-likeness (QED) is 0.911. The molecule has 2 rings (SSSR count). The molecule has 0 saturated heterocycles. The Morgan fingerprint density at radius 1 is 1.45 bits per heavy atom. The number of methoxy groups -OCH3 is 1. The van der Waals surface area contributed by atoms with Crippen LogP contribution in [0.4, 0.5) is 0 Å². The van der Waals surface area contributed by atoms with Crippen molar-refractivity contribution < 1.29 is 9.84 Å². The van der Waals surface area contributed by atoms with E-state index >= 15 is 0 Å². The lowest BCUT2D eigenvalue weighted by atomic mass is 10.0. The summed E-state index contributed by atoms with van der Waals surface area (Å²) in [5, 5.41) is 14.8. The Morgan fingerprint density at radius 3 is 2.80 bits per heavy atom. The number of benzene rings is 1. The molecular formula is C15H19BrN2O2. The number of hydrogen-bond acceptors (Lipinski definition) is 3. The number of halogens is 1. The molecule has 0 radical (unpaired) electrons. The molecular weight excluding hydrogens is 320 g/mol. The van der Waals surface area contributed by atoms with Crippen LogP contribution in [-0.4, -0.2) is 22.0 Å². The van der Waals surface area contributed by atoms with Gasteiger partial charge in [0, 0.05) is 20.6 Å². The Kier molecular flexibility index (Phi) is 4.96. The van der Waals surface area contributed by atoms with Gasteiger partial charge in [0.15, 0.2) is 0 Å². The normalized spacial score (nSPS) is 12.7. The predicted octanol–water partition coefficient (Wildman–Crippen LogP) is 2.91. The second-order valence-electron chi connectivity index (χ2n) is 4.87. The fourth-order valence-corrected chi connectivity index (χ4v) is 2.76. The van der Waals surface area contributed by atoms with Gasteiger partial charge in [0.25, 0.3) is 0 Å². The van der Waals surface area contributed by atoms with Crippen LogP contribution < -0.4 is 0 Å². The van der Waals surface area contributed by atoms with E-state index in [-0.39, 0.29) is 0 Å². The highest BCUT2D eigenvalue weighted by Gasteiger charge is 2.16. The summed E-state index contributed by atoms with van der Waals surface area (Å²) in [5.74, 6) is 0. The summed E-state index contributed by atoms with van der Waals surface area (Å²) in [6, 6.07) is 7.84. The van der Waals surface area contributed by atoms with Gasteiger partial charge in [0.05, 0.1) is 28.6 Å². The Balaban J connectivity index is 2.19. The van der Waals surface area contributed by atoms with Gasteiger partial charge in [-0.1, -0.05) is 24.3 Å². The molecule has 4 nitrogen and oxygen atoms in total. The van der Waals surface area contributed by atoms with Crippen molar-refractivity contribution in [3.8, 4) is 0 Å². The zero-order valence-corrected chi connectivity index (χ0v) is 13.5. The molecule has 20 heavy (non-hydrogen) atoms. The largest absolute Gasteiger partial charge is 0.388 e. The molecule has 0 amide bonds. The minimum atomic E-state index is -0.557. The van der Waals surface area contributed by atoms with Gasteiger partial charge in [-0.05, 0) is 34.0 Å². The molecule has 1 unspecified atom stereocenters. The van der Waals surface area contributed by atoms with Crippen LogP contribution in [-0.2, 0) is 24.8 Å². The van der Waals surface area contributed by atoms with Crippen LogP contribution >= 0.6 is 15.9 Å². The molecule has 108 valence electrons. The number of nitrogens with zero attached hydrogens (tertiary/aromatic N) is 2. The average Bonchev–Trinajstić information content (AvgIpc) is 2.66. The molecule has 1 aromatic heterocycles. The van der Waals surface area contributed by atoms with Crippen molar-refractivity contribution in [3.63, 3.8) is 0 Å². The van der Waals surface area contributed by atoms with E-state index in [1.165, 1.54) is 0 Å². The third-order valence-electron chi connectivity index (χ3n) is 3.30. The summed E-state index contributed by atoms with van der Waals surface area (Å²) in [5.41, 5.74) is 3.88. The molecule has 1 heterocycles. The molecule has 0 spiro atoms. The summed E-state index contributed by atoms with van der Waals surface area (Å²) >= 11 is 3.53. The number of rotatable bonds is 5. The van der Waals surface area contributed by atoms with E-state index in [1.807, 2.05) is 42.9 Å². The maximum Gasteiger partial charge on any atom is 0.0845 e. The first-order valence-electron chi connectivity index (χ1n) is 6.46. The van der Waals surface area contributed by atoms with E-state index in [4.69, 9.17) is 4.74 Å². The fourth-order valence-electron chi connectivity index (χ4n) is 2.26. The maximum atomic E-state index is 10.4. The Hall–Kier alpha value is -1.17. The molecule has 0 bridgehead atoms. The number of aromatic nitrogens is 2. The van der Waals surface area contributed by atoms with Gasteiger partial charge in [0.2, 0.25) is 0 Å². The molecule has 5 heteroatoms. The van der Waals surface area contributed by atoms with Gasteiger partial charge in [-0.2, -0.15) is 5.10 Å². The van der Waals surface area contributed by atoms with Gasteiger partial charge in [-0.3, -0.25) is 4.68 Å². The van der Waals surface area contributed by atoms with Gasteiger partial charge < -0.3 is 9.84 Å². The van der Waals surface area contributed by atoms with Crippen molar-refractivity contribution in [3.05, 3.63) is 51.3 Å². The summed E-state index contributed by atoms with van der Waals surface area (Å²) < 4.78 is 7.89. The highest BCUT2D eigenvalue weighted by Crippen LogP contribution is 2.26. The van der Waals surface area contributed by atoms with Gasteiger partial charge >= 0.3 is 0 Å². The van der Waals surface area contributed by atoms with Crippen LogP contribution in [0.15, 0.2) is 28.7 Å². The first kappa shape index (κ1) is 15.2. The number of ether oxygens (including phenoxy) is 1. The molecule has 0 aliphatic carbocycles. The lowest BCUT2D eigenvalue weighted by molar-refractivity contribution is 0.173. The standard InChI is InChI=1S/C15H19BrN2O2/c1-10-15(16)13(18(2)17-10)8-14(19)12-6-4-5-11(7-12)9-20-3/h4-7,14,19H,8-9H2,1-3H3. The summed E-state index contributed by atoms with van der Waals surface area (Å²) in [4.78, 5) is 0. The van der Waals surface area contributed by atoms with Crippen molar-refractivity contribution in [1.82, 2.24) is 9.78 Å². The van der Waals surface area contributed by atoms with Crippen molar-refractivity contribution in [1.29, 1.82) is 0 Å². The topological polar surface area (TPSA) is 47.3 Å². The predicted molar refractivity (Wildman–Crippen MR) is 81.5 cm³/mol. The minimum absolute atomic E-state index is 0.522. The zero-order valence-electron chi connectivity index (χ0n) is 11.9. The Morgan fingerprint density at radius 2 is 2.20 bits per heavy atom.